The van der Waals surface area contributed by atoms with Gasteiger partial charge in [-0.25, -0.2) is 4.98 Å². The van der Waals surface area contributed by atoms with Gasteiger partial charge in [-0.05, 0) is 30.7 Å². The molecule has 0 aliphatic carbocycles. The number of hydrogen-bond acceptors (Lipinski definition) is 6. The summed E-state index contributed by atoms with van der Waals surface area (Å²) in [6.07, 6.45) is 1.65. The topological polar surface area (TPSA) is 98.0 Å². The number of carbonyl (C=O) groups is 3. The van der Waals surface area contributed by atoms with Gasteiger partial charge in [-0.1, -0.05) is 29.3 Å². The summed E-state index contributed by atoms with van der Waals surface area (Å²) in [5.41, 5.74) is 1.38. The number of aryl methyl sites for hydroxylation is 1. The summed E-state index contributed by atoms with van der Waals surface area (Å²) < 4.78 is 6.50. The largest absolute Gasteiger partial charge is 0.458 e. The molecule has 1 aliphatic rings. The highest BCUT2D eigenvalue weighted by Gasteiger charge is 2.37. The van der Waals surface area contributed by atoms with Crippen molar-refractivity contribution in [2.24, 2.45) is 0 Å². The van der Waals surface area contributed by atoms with Crippen LogP contribution < -0.4 is 5.56 Å². The van der Waals surface area contributed by atoms with Gasteiger partial charge in [-0.15, -0.1) is 0 Å². The van der Waals surface area contributed by atoms with Gasteiger partial charge in [0, 0.05) is 12.3 Å². The number of hydrogen-bond donors (Lipinski definition) is 0. The van der Waals surface area contributed by atoms with E-state index in [2.05, 4.69) is 4.98 Å². The zero-order valence-corrected chi connectivity index (χ0v) is 17.0. The van der Waals surface area contributed by atoms with Crippen LogP contribution in [0.4, 0.5) is 0 Å². The van der Waals surface area contributed by atoms with E-state index in [9.17, 15) is 19.2 Å². The van der Waals surface area contributed by atoms with Crippen molar-refractivity contribution in [3.63, 3.8) is 0 Å². The van der Waals surface area contributed by atoms with Crippen molar-refractivity contribution in [2.75, 3.05) is 6.54 Å². The van der Waals surface area contributed by atoms with Crippen molar-refractivity contribution in [1.29, 1.82) is 0 Å². The molecule has 8 nitrogen and oxygen atoms in total. The summed E-state index contributed by atoms with van der Waals surface area (Å²) in [5.74, 6) is -2.15. The monoisotopic (exact) mass is 445 g/mol. The molecule has 0 bridgehead atoms. The Morgan fingerprint density at radius 3 is 2.30 bits per heavy atom. The summed E-state index contributed by atoms with van der Waals surface area (Å²) in [6.45, 7) is 0.981. The molecule has 1 aromatic carbocycles. The molecule has 2 amide bonds. The molecule has 30 heavy (non-hydrogen) atoms. The lowest BCUT2D eigenvalue weighted by atomic mass is 10.1. The lowest BCUT2D eigenvalue weighted by Crippen LogP contribution is -2.35. The summed E-state index contributed by atoms with van der Waals surface area (Å²) in [7, 11) is 0. The van der Waals surface area contributed by atoms with Crippen molar-refractivity contribution in [2.45, 2.75) is 13.5 Å². The van der Waals surface area contributed by atoms with E-state index >= 15 is 0 Å². The zero-order valence-electron chi connectivity index (χ0n) is 15.5. The standard InChI is InChI=1S/C20H13Cl2N3O5/c1-10-2-3-16-23-11(4-17(26)24(16)7-10)9-30-18(27)8-25-19(28)12-5-14(21)15(22)6-13(12)20(25)29/h2-7H,8-9H2,1H3. The molecule has 0 unspecified atom stereocenters. The highest BCUT2D eigenvalue weighted by molar-refractivity contribution is 6.43. The maximum Gasteiger partial charge on any atom is 0.326 e. The Labute approximate surface area is 179 Å². The van der Waals surface area contributed by atoms with E-state index < -0.39 is 24.3 Å². The smallest absolute Gasteiger partial charge is 0.326 e. The van der Waals surface area contributed by atoms with Crippen LogP contribution in [0.15, 0.2) is 41.3 Å². The summed E-state index contributed by atoms with van der Waals surface area (Å²) >= 11 is 11.8. The third kappa shape index (κ3) is 3.55. The first-order valence-electron chi connectivity index (χ1n) is 8.74. The number of rotatable bonds is 4. The Hall–Kier alpha value is -3.23. The van der Waals surface area contributed by atoms with Gasteiger partial charge in [0.05, 0.1) is 26.9 Å². The molecule has 3 heterocycles. The van der Waals surface area contributed by atoms with Gasteiger partial charge in [-0.2, -0.15) is 0 Å². The minimum Gasteiger partial charge on any atom is -0.458 e. The summed E-state index contributed by atoms with van der Waals surface area (Å²) in [6, 6.07) is 7.32. The lowest BCUT2D eigenvalue weighted by molar-refractivity contribution is -0.145. The van der Waals surface area contributed by atoms with Gasteiger partial charge in [-0.3, -0.25) is 28.5 Å². The second-order valence-electron chi connectivity index (χ2n) is 6.69. The minimum atomic E-state index is -0.826. The minimum absolute atomic E-state index is 0.0710. The molecular weight excluding hydrogens is 433 g/mol. The van der Waals surface area contributed by atoms with Gasteiger partial charge >= 0.3 is 5.97 Å². The third-order valence-electron chi connectivity index (χ3n) is 4.54. The van der Waals surface area contributed by atoms with Crippen molar-refractivity contribution in [3.8, 4) is 0 Å². The Morgan fingerprint density at radius 2 is 1.67 bits per heavy atom. The molecule has 0 atom stereocenters. The van der Waals surface area contributed by atoms with Gasteiger partial charge in [0.25, 0.3) is 17.4 Å². The van der Waals surface area contributed by atoms with Gasteiger partial charge < -0.3 is 4.74 Å². The van der Waals surface area contributed by atoms with Crippen LogP contribution in [0.2, 0.25) is 10.0 Å². The number of nitrogens with zero attached hydrogens (tertiary/aromatic N) is 3. The zero-order chi connectivity index (χ0) is 21.6. The van der Waals surface area contributed by atoms with E-state index in [1.807, 2.05) is 6.92 Å². The SMILES string of the molecule is Cc1ccc2nc(COC(=O)CN3C(=O)c4cc(Cl)c(Cl)cc4C3=O)cc(=O)n2c1. The summed E-state index contributed by atoms with van der Waals surface area (Å²) in [4.78, 5) is 54.3. The first kappa shape index (κ1) is 20.1. The number of amides is 2. The second kappa shape index (κ2) is 7.55. The third-order valence-corrected chi connectivity index (χ3v) is 5.26. The molecule has 2 aromatic heterocycles. The van der Waals surface area contributed by atoms with Crippen LogP contribution in [-0.2, 0) is 16.1 Å². The molecule has 4 rings (SSSR count). The number of carbonyl (C=O) groups excluding carboxylic acids is 3. The average Bonchev–Trinajstić information content (AvgIpc) is 2.92. The van der Waals surface area contributed by atoms with Crippen molar-refractivity contribution < 1.29 is 19.1 Å². The van der Waals surface area contributed by atoms with Crippen LogP contribution in [0.5, 0.6) is 0 Å². The van der Waals surface area contributed by atoms with Crippen LogP contribution >= 0.6 is 23.2 Å². The van der Waals surface area contributed by atoms with E-state index in [0.29, 0.717) is 5.65 Å². The van der Waals surface area contributed by atoms with Crippen LogP contribution in [0.25, 0.3) is 5.65 Å². The predicted octanol–water partition coefficient (Wildman–Crippen LogP) is 2.65. The maximum absolute atomic E-state index is 12.4. The van der Waals surface area contributed by atoms with Gasteiger partial charge in [0.15, 0.2) is 0 Å². The molecule has 3 aromatic rings. The predicted molar refractivity (Wildman–Crippen MR) is 108 cm³/mol. The van der Waals surface area contributed by atoms with Crippen LogP contribution in [0.3, 0.4) is 0 Å². The molecule has 0 fully saturated rings. The lowest BCUT2D eigenvalue weighted by Gasteiger charge is -2.13. The molecule has 0 spiro atoms. The molecular formula is C20H13Cl2N3O5. The molecule has 0 N–H and O–H groups in total. The summed E-state index contributed by atoms with van der Waals surface area (Å²) in [5, 5.41) is 0.259. The first-order valence-corrected chi connectivity index (χ1v) is 9.50. The molecule has 0 saturated carbocycles. The van der Waals surface area contributed by atoms with E-state index in [1.54, 1.807) is 18.3 Å². The molecule has 10 heteroatoms. The number of ether oxygens (including phenoxy) is 1. The van der Waals surface area contributed by atoms with Crippen molar-refractivity contribution in [3.05, 3.63) is 79.3 Å². The number of imide groups is 1. The van der Waals surface area contributed by atoms with Gasteiger partial charge in [0.2, 0.25) is 0 Å². The number of fused-ring (bicyclic) bond motifs is 2. The molecule has 152 valence electrons. The second-order valence-corrected chi connectivity index (χ2v) is 7.50. The first-order chi connectivity index (χ1) is 14.2. The normalized spacial score (nSPS) is 13.1. The number of esters is 1. The average molecular weight is 446 g/mol. The fraction of sp³-hybridized carbons (Fsp3) is 0.150. The van der Waals surface area contributed by atoms with Crippen LogP contribution in [0, 0.1) is 6.92 Å². The van der Waals surface area contributed by atoms with E-state index in [1.165, 1.54) is 22.6 Å². The Kier molecular flexibility index (Phi) is 5.05. The Bertz CT molecular complexity index is 1260. The quantitative estimate of drug-likeness (QED) is 0.452. The highest BCUT2D eigenvalue weighted by Crippen LogP contribution is 2.31. The number of halogens is 2. The van der Waals surface area contributed by atoms with Crippen LogP contribution in [0.1, 0.15) is 32.0 Å². The fourth-order valence-electron chi connectivity index (χ4n) is 3.09. The van der Waals surface area contributed by atoms with Crippen molar-refractivity contribution >= 4 is 46.6 Å². The Morgan fingerprint density at radius 1 is 1.03 bits per heavy atom. The molecule has 1 aliphatic heterocycles. The van der Waals surface area contributed by atoms with Gasteiger partial charge in [0.1, 0.15) is 18.8 Å². The van der Waals surface area contributed by atoms with E-state index in [4.69, 9.17) is 27.9 Å². The maximum atomic E-state index is 12.4. The van der Waals surface area contributed by atoms with E-state index in [0.717, 1.165) is 10.5 Å². The molecule has 0 radical (unpaired) electrons. The molecule has 0 saturated heterocycles. The number of benzene rings is 1. The highest BCUT2D eigenvalue weighted by atomic mass is 35.5. The fourth-order valence-corrected chi connectivity index (χ4v) is 3.42. The number of pyridine rings is 1. The number of aromatic nitrogens is 2. The van der Waals surface area contributed by atoms with E-state index in [-0.39, 0.29) is 39.0 Å². The van der Waals surface area contributed by atoms with Crippen molar-refractivity contribution in [1.82, 2.24) is 14.3 Å². The van der Waals surface area contributed by atoms with Crippen LogP contribution in [-0.4, -0.2) is 38.6 Å². The Balaban J connectivity index is 1.46.